The number of carbonyl (C=O) groups excluding carboxylic acids is 1. The summed E-state index contributed by atoms with van der Waals surface area (Å²) in [5, 5.41) is 3.14. The molecule has 3 rings (SSSR count). The molecule has 2 heterocycles. The van der Waals surface area contributed by atoms with Crippen LogP contribution in [0.3, 0.4) is 0 Å². The van der Waals surface area contributed by atoms with E-state index in [2.05, 4.69) is 10.3 Å². The first-order valence-corrected chi connectivity index (χ1v) is 8.88. The number of nitrogens with one attached hydrogen (secondary N) is 1. The van der Waals surface area contributed by atoms with Crippen LogP contribution < -0.4 is 10.9 Å². The molecule has 1 N–H and O–H groups in total. The monoisotopic (exact) mass is 467 g/mol. The molecule has 0 radical (unpaired) electrons. The molecular formula is C18H15FIN3O3. The molecule has 134 valence electrons. The van der Waals surface area contributed by atoms with E-state index in [9.17, 15) is 14.0 Å². The Hall–Kier alpha value is -2.49. The maximum absolute atomic E-state index is 14.3. The van der Waals surface area contributed by atoms with E-state index in [-0.39, 0.29) is 40.1 Å². The van der Waals surface area contributed by atoms with E-state index < -0.39 is 11.8 Å². The number of aromatic nitrogens is 2. The molecule has 6 nitrogen and oxygen atoms in total. The van der Waals surface area contributed by atoms with Gasteiger partial charge in [-0.2, -0.15) is 0 Å². The van der Waals surface area contributed by atoms with Gasteiger partial charge in [-0.25, -0.2) is 9.18 Å². The van der Waals surface area contributed by atoms with E-state index in [0.717, 1.165) is 3.57 Å². The number of esters is 1. The van der Waals surface area contributed by atoms with E-state index in [4.69, 9.17) is 4.74 Å². The Bertz CT molecular complexity index is 1070. The number of halogens is 2. The molecule has 0 amide bonds. The normalized spacial score (nSPS) is 10.8. The summed E-state index contributed by atoms with van der Waals surface area (Å²) < 4.78 is 21.4. The topological polar surface area (TPSA) is 73.2 Å². The van der Waals surface area contributed by atoms with Gasteiger partial charge in [-0.1, -0.05) is 0 Å². The van der Waals surface area contributed by atoms with E-state index in [1.54, 1.807) is 31.2 Å². The zero-order chi connectivity index (χ0) is 18.8. The lowest BCUT2D eigenvalue weighted by Crippen LogP contribution is -2.24. The minimum Gasteiger partial charge on any atom is -0.462 e. The van der Waals surface area contributed by atoms with Gasteiger partial charge in [0.15, 0.2) is 0 Å². The van der Waals surface area contributed by atoms with Gasteiger partial charge in [0.25, 0.3) is 5.56 Å². The van der Waals surface area contributed by atoms with E-state index in [0.29, 0.717) is 0 Å². The minimum absolute atomic E-state index is 0.0856. The number of rotatable bonds is 4. The Morgan fingerprint density at radius 1 is 1.38 bits per heavy atom. The highest BCUT2D eigenvalue weighted by Gasteiger charge is 2.23. The predicted molar refractivity (Wildman–Crippen MR) is 105 cm³/mol. The lowest BCUT2D eigenvalue weighted by molar-refractivity contribution is 0.0529. The molecule has 0 unspecified atom stereocenters. The summed E-state index contributed by atoms with van der Waals surface area (Å²) in [4.78, 5) is 29.4. The smallest absolute Gasteiger partial charge is 0.344 e. The first kappa shape index (κ1) is 18.3. The van der Waals surface area contributed by atoms with Gasteiger partial charge >= 0.3 is 5.97 Å². The maximum Gasteiger partial charge on any atom is 0.344 e. The third kappa shape index (κ3) is 3.28. The van der Waals surface area contributed by atoms with Crippen LogP contribution in [-0.4, -0.2) is 22.1 Å². The molecule has 0 spiro atoms. The Morgan fingerprint density at radius 3 is 2.85 bits per heavy atom. The van der Waals surface area contributed by atoms with Crippen molar-refractivity contribution >= 4 is 51.0 Å². The molecular weight excluding hydrogens is 452 g/mol. The number of carbonyl (C=O) groups is 1. The number of benzene rings is 1. The molecule has 0 saturated carbocycles. The maximum atomic E-state index is 14.3. The number of hydrogen-bond acceptors (Lipinski definition) is 5. The van der Waals surface area contributed by atoms with Crippen molar-refractivity contribution in [2.24, 2.45) is 7.05 Å². The van der Waals surface area contributed by atoms with Gasteiger partial charge in [-0.3, -0.25) is 14.3 Å². The van der Waals surface area contributed by atoms with Gasteiger partial charge < -0.3 is 10.1 Å². The summed E-state index contributed by atoms with van der Waals surface area (Å²) in [5.41, 5.74) is 0.0841. The number of pyridine rings is 2. The molecule has 3 aromatic rings. The lowest BCUT2D eigenvalue weighted by Gasteiger charge is -2.17. The van der Waals surface area contributed by atoms with Gasteiger partial charge in [0.05, 0.1) is 23.2 Å². The Kier molecular flexibility index (Phi) is 5.21. The first-order valence-electron chi connectivity index (χ1n) is 7.81. The summed E-state index contributed by atoms with van der Waals surface area (Å²) in [6.45, 7) is 1.84. The van der Waals surface area contributed by atoms with Crippen LogP contribution in [0.4, 0.5) is 15.9 Å². The highest BCUT2D eigenvalue weighted by atomic mass is 127. The second-order valence-electron chi connectivity index (χ2n) is 5.46. The van der Waals surface area contributed by atoms with E-state index in [1.165, 1.54) is 23.9 Å². The van der Waals surface area contributed by atoms with Crippen molar-refractivity contribution in [3.8, 4) is 0 Å². The van der Waals surface area contributed by atoms with E-state index in [1.807, 2.05) is 22.6 Å². The second-order valence-corrected chi connectivity index (χ2v) is 6.70. The number of hydrogen-bond donors (Lipinski definition) is 1. The number of nitrogens with zero attached hydrogens (tertiary/aromatic N) is 2. The molecule has 0 aliphatic heterocycles. The minimum atomic E-state index is -0.639. The van der Waals surface area contributed by atoms with Crippen LogP contribution in [0.5, 0.6) is 0 Å². The van der Waals surface area contributed by atoms with Gasteiger partial charge in [0.2, 0.25) is 0 Å². The largest absolute Gasteiger partial charge is 0.462 e. The fourth-order valence-electron chi connectivity index (χ4n) is 2.60. The first-order chi connectivity index (χ1) is 12.4. The molecule has 0 fully saturated rings. The number of anilines is 2. The SMILES string of the molecule is CCOC(=O)c1c(Nc2ccc(I)cc2F)n(C)c(=O)c2cccnc12. The average molecular weight is 467 g/mol. The molecule has 0 bridgehead atoms. The van der Waals surface area contributed by atoms with Crippen LogP contribution in [0, 0.1) is 9.39 Å². The predicted octanol–water partition coefficient (Wildman–Crippen LogP) is 3.60. The lowest BCUT2D eigenvalue weighted by atomic mass is 10.1. The van der Waals surface area contributed by atoms with Gasteiger partial charge in [-0.05, 0) is 59.8 Å². The molecule has 26 heavy (non-hydrogen) atoms. The van der Waals surface area contributed by atoms with Crippen molar-refractivity contribution < 1.29 is 13.9 Å². The summed E-state index contributed by atoms with van der Waals surface area (Å²) in [5.74, 6) is -1.01. The van der Waals surface area contributed by atoms with Crippen molar-refractivity contribution in [1.82, 2.24) is 9.55 Å². The van der Waals surface area contributed by atoms with Gasteiger partial charge in [-0.15, -0.1) is 0 Å². The van der Waals surface area contributed by atoms with Crippen molar-refractivity contribution in [3.63, 3.8) is 0 Å². The van der Waals surface area contributed by atoms with Crippen molar-refractivity contribution in [2.45, 2.75) is 6.92 Å². The van der Waals surface area contributed by atoms with Crippen LogP contribution in [0.2, 0.25) is 0 Å². The van der Waals surface area contributed by atoms with Crippen molar-refractivity contribution in [3.05, 3.63) is 61.8 Å². The quantitative estimate of drug-likeness (QED) is 0.469. The van der Waals surface area contributed by atoms with Crippen LogP contribution in [0.1, 0.15) is 17.3 Å². The highest BCUT2D eigenvalue weighted by Crippen LogP contribution is 2.27. The summed E-state index contributed by atoms with van der Waals surface area (Å²) >= 11 is 2.00. The average Bonchev–Trinajstić information content (AvgIpc) is 2.61. The van der Waals surface area contributed by atoms with Gasteiger partial charge in [0.1, 0.15) is 17.2 Å². The molecule has 0 aliphatic carbocycles. The van der Waals surface area contributed by atoms with Gasteiger partial charge in [0, 0.05) is 16.8 Å². The number of ether oxygens (including phenoxy) is 1. The second kappa shape index (κ2) is 7.40. The fraction of sp³-hybridized carbons (Fsp3) is 0.167. The molecule has 0 aliphatic rings. The Labute approximate surface area is 162 Å². The summed E-state index contributed by atoms with van der Waals surface area (Å²) in [7, 11) is 1.50. The number of fused-ring (bicyclic) bond motifs is 1. The summed E-state index contributed by atoms with van der Waals surface area (Å²) in [6, 6.07) is 7.81. The standard InChI is InChI=1S/C18H15FIN3O3/c1-3-26-18(25)14-15-11(5-4-8-21-15)17(24)23(2)16(14)22-13-7-6-10(20)9-12(13)19/h4-9,22H,3H2,1-2H3. The molecule has 1 aromatic carbocycles. The highest BCUT2D eigenvalue weighted by molar-refractivity contribution is 14.1. The van der Waals surface area contributed by atoms with Crippen LogP contribution in [0.15, 0.2) is 41.3 Å². The molecule has 2 aromatic heterocycles. The Morgan fingerprint density at radius 2 is 2.15 bits per heavy atom. The Balaban J connectivity index is 2.29. The van der Waals surface area contributed by atoms with Crippen LogP contribution >= 0.6 is 22.6 Å². The fourth-order valence-corrected chi connectivity index (χ4v) is 3.05. The van der Waals surface area contributed by atoms with Crippen molar-refractivity contribution in [2.75, 3.05) is 11.9 Å². The van der Waals surface area contributed by atoms with Crippen molar-refractivity contribution in [1.29, 1.82) is 0 Å². The zero-order valence-corrected chi connectivity index (χ0v) is 16.2. The summed E-state index contributed by atoms with van der Waals surface area (Å²) in [6.07, 6.45) is 1.49. The van der Waals surface area contributed by atoms with Crippen LogP contribution in [0.25, 0.3) is 10.9 Å². The third-order valence-electron chi connectivity index (χ3n) is 3.82. The van der Waals surface area contributed by atoms with Crippen LogP contribution in [-0.2, 0) is 11.8 Å². The molecule has 0 saturated heterocycles. The molecule has 0 atom stereocenters. The van der Waals surface area contributed by atoms with E-state index >= 15 is 0 Å². The third-order valence-corrected chi connectivity index (χ3v) is 4.49. The zero-order valence-electron chi connectivity index (χ0n) is 14.0. The molecule has 8 heteroatoms.